The van der Waals surface area contributed by atoms with E-state index in [-0.39, 0.29) is 24.5 Å². The van der Waals surface area contributed by atoms with Gasteiger partial charge in [0.1, 0.15) is 0 Å². The van der Waals surface area contributed by atoms with Crippen LogP contribution < -0.4 is 10.6 Å². The highest BCUT2D eigenvalue weighted by Gasteiger charge is 2.26. The maximum atomic E-state index is 11.9. The first-order chi connectivity index (χ1) is 9.85. The smallest absolute Gasteiger partial charge is 0.315 e. The Bertz CT molecular complexity index is 311. The molecule has 1 fully saturated rings. The van der Waals surface area contributed by atoms with Gasteiger partial charge >= 0.3 is 6.03 Å². The van der Waals surface area contributed by atoms with Crippen molar-refractivity contribution in [3.05, 3.63) is 0 Å². The molecular weight excluding hydrogens is 266 g/mol. The lowest BCUT2D eigenvalue weighted by atomic mass is 9.93. The van der Waals surface area contributed by atoms with Crippen LogP contribution in [0.1, 0.15) is 53.4 Å². The zero-order chi connectivity index (χ0) is 15.9. The number of carbonyl (C=O) groups excluding carboxylic acids is 1. The van der Waals surface area contributed by atoms with Crippen LogP contribution in [0.25, 0.3) is 0 Å². The van der Waals surface area contributed by atoms with Gasteiger partial charge in [0.05, 0.1) is 5.60 Å². The minimum absolute atomic E-state index is 0.111. The molecule has 0 saturated carbocycles. The minimum atomic E-state index is -0.860. The van der Waals surface area contributed by atoms with Gasteiger partial charge in [-0.2, -0.15) is 0 Å². The molecule has 0 bridgehead atoms. The second-order valence-electron chi connectivity index (χ2n) is 6.81. The largest absolute Gasteiger partial charge is 0.388 e. The van der Waals surface area contributed by atoms with Crippen molar-refractivity contribution in [1.82, 2.24) is 15.5 Å². The Kier molecular flexibility index (Phi) is 7.46. The zero-order valence-corrected chi connectivity index (χ0v) is 14.1. The van der Waals surface area contributed by atoms with Crippen molar-refractivity contribution in [3.63, 3.8) is 0 Å². The molecule has 0 aromatic carbocycles. The summed E-state index contributed by atoms with van der Waals surface area (Å²) in [4.78, 5) is 14.4. The molecule has 0 aromatic heterocycles. The van der Waals surface area contributed by atoms with Gasteiger partial charge < -0.3 is 20.6 Å². The summed E-state index contributed by atoms with van der Waals surface area (Å²) in [7, 11) is 0. The molecule has 1 heterocycles. The van der Waals surface area contributed by atoms with Crippen LogP contribution in [0.5, 0.6) is 0 Å². The number of likely N-dealkylation sites (tertiary alicyclic amines) is 1. The molecule has 2 amide bonds. The molecule has 0 spiro atoms. The van der Waals surface area contributed by atoms with Gasteiger partial charge in [-0.1, -0.05) is 27.2 Å². The topological polar surface area (TPSA) is 64.6 Å². The Morgan fingerprint density at radius 3 is 2.52 bits per heavy atom. The predicted octanol–water partition coefficient (Wildman–Crippen LogP) is 1.96. The van der Waals surface area contributed by atoms with E-state index in [0.29, 0.717) is 0 Å². The zero-order valence-electron chi connectivity index (χ0n) is 14.1. The van der Waals surface area contributed by atoms with Crippen LogP contribution in [0.3, 0.4) is 0 Å². The third-order valence-electron chi connectivity index (χ3n) is 4.60. The summed E-state index contributed by atoms with van der Waals surface area (Å²) >= 11 is 0. The fourth-order valence-electron chi connectivity index (χ4n) is 2.38. The Hall–Kier alpha value is -0.810. The Balaban J connectivity index is 2.22. The van der Waals surface area contributed by atoms with Crippen LogP contribution in [-0.2, 0) is 0 Å². The van der Waals surface area contributed by atoms with Crippen LogP contribution in [0.4, 0.5) is 4.79 Å². The standard InChI is InChI=1S/C16H33N3O2/c1-5-6-9-19-10-7-14(8-11-19)18-15(20)17-12-16(4,21)13(2)3/h13-14,21H,5-12H2,1-4H3,(H2,17,18,20). The van der Waals surface area contributed by atoms with Gasteiger partial charge in [0.2, 0.25) is 0 Å². The van der Waals surface area contributed by atoms with Gasteiger partial charge in [0.15, 0.2) is 0 Å². The molecule has 5 nitrogen and oxygen atoms in total. The van der Waals surface area contributed by atoms with Crippen LogP contribution >= 0.6 is 0 Å². The summed E-state index contributed by atoms with van der Waals surface area (Å²) in [5.41, 5.74) is -0.860. The second-order valence-corrected chi connectivity index (χ2v) is 6.81. The third kappa shape index (κ3) is 6.66. The van der Waals surface area contributed by atoms with Gasteiger partial charge in [-0.05, 0) is 38.6 Å². The summed E-state index contributed by atoms with van der Waals surface area (Å²) in [6.07, 6.45) is 4.51. The molecule has 1 saturated heterocycles. The monoisotopic (exact) mass is 299 g/mol. The number of rotatable bonds is 7. The molecule has 0 aliphatic carbocycles. The number of urea groups is 1. The highest BCUT2D eigenvalue weighted by Crippen LogP contribution is 2.14. The van der Waals surface area contributed by atoms with E-state index in [1.54, 1.807) is 6.92 Å². The van der Waals surface area contributed by atoms with Crippen molar-refractivity contribution >= 4 is 6.03 Å². The Morgan fingerprint density at radius 2 is 2.00 bits per heavy atom. The SMILES string of the molecule is CCCCN1CCC(NC(=O)NCC(C)(O)C(C)C)CC1. The van der Waals surface area contributed by atoms with E-state index >= 15 is 0 Å². The third-order valence-corrected chi connectivity index (χ3v) is 4.60. The summed E-state index contributed by atoms with van der Waals surface area (Å²) < 4.78 is 0. The summed E-state index contributed by atoms with van der Waals surface area (Å²) in [6.45, 7) is 11.5. The van der Waals surface area contributed by atoms with Gasteiger partial charge in [-0.25, -0.2) is 4.79 Å². The van der Waals surface area contributed by atoms with E-state index in [1.807, 2.05) is 13.8 Å². The highest BCUT2D eigenvalue weighted by molar-refractivity contribution is 5.74. The van der Waals surface area contributed by atoms with Crippen molar-refractivity contribution in [2.45, 2.75) is 65.0 Å². The molecule has 124 valence electrons. The number of aliphatic hydroxyl groups is 1. The van der Waals surface area contributed by atoms with E-state index in [1.165, 1.54) is 19.4 Å². The van der Waals surface area contributed by atoms with E-state index in [0.717, 1.165) is 25.9 Å². The van der Waals surface area contributed by atoms with Gasteiger partial charge in [0.25, 0.3) is 0 Å². The molecule has 1 aliphatic rings. The van der Waals surface area contributed by atoms with E-state index in [4.69, 9.17) is 0 Å². The summed E-state index contributed by atoms with van der Waals surface area (Å²) in [5, 5.41) is 15.9. The van der Waals surface area contributed by atoms with Gasteiger partial charge in [-0.15, -0.1) is 0 Å². The average molecular weight is 299 g/mol. The fraction of sp³-hybridized carbons (Fsp3) is 0.938. The first-order valence-electron chi connectivity index (χ1n) is 8.34. The highest BCUT2D eigenvalue weighted by atomic mass is 16.3. The number of hydrogen-bond donors (Lipinski definition) is 3. The van der Waals surface area contributed by atoms with E-state index in [9.17, 15) is 9.90 Å². The Labute approximate surface area is 129 Å². The van der Waals surface area contributed by atoms with Crippen molar-refractivity contribution < 1.29 is 9.90 Å². The lowest BCUT2D eigenvalue weighted by Crippen LogP contribution is -2.51. The maximum Gasteiger partial charge on any atom is 0.315 e. The molecule has 1 atom stereocenters. The molecule has 5 heteroatoms. The van der Waals surface area contributed by atoms with Crippen LogP contribution in [0, 0.1) is 5.92 Å². The summed E-state index contributed by atoms with van der Waals surface area (Å²) in [5.74, 6) is 0.111. The van der Waals surface area contributed by atoms with Crippen molar-refractivity contribution in [3.8, 4) is 0 Å². The maximum absolute atomic E-state index is 11.9. The number of nitrogens with zero attached hydrogens (tertiary/aromatic N) is 1. The Morgan fingerprint density at radius 1 is 1.38 bits per heavy atom. The number of piperidine rings is 1. The average Bonchev–Trinajstić information content (AvgIpc) is 2.44. The predicted molar refractivity (Wildman–Crippen MR) is 86.4 cm³/mol. The van der Waals surface area contributed by atoms with Crippen molar-refractivity contribution in [2.75, 3.05) is 26.2 Å². The van der Waals surface area contributed by atoms with Crippen molar-refractivity contribution in [2.24, 2.45) is 5.92 Å². The molecule has 0 aromatic rings. The minimum Gasteiger partial charge on any atom is -0.388 e. The number of unbranched alkanes of at least 4 members (excludes halogenated alkanes) is 1. The van der Waals surface area contributed by atoms with Crippen molar-refractivity contribution in [1.29, 1.82) is 0 Å². The van der Waals surface area contributed by atoms with Crippen LogP contribution in [0.2, 0.25) is 0 Å². The van der Waals surface area contributed by atoms with Crippen LogP contribution in [-0.4, -0.2) is 53.9 Å². The fourth-order valence-corrected chi connectivity index (χ4v) is 2.38. The lowest BCUT2D eigenvalue weighted by Gasteiger charge is -2.33. The molecule has 3 N–H and O–H groups in total. The molecule has 1 aliphatic heterocycles. The molecule has 1 rings (SSSR count). The van der Waals surface area contributed by atoms with E-state index < -0.39 is 5.60 Å². The number of nitrogens with one attached hydrogen (secondary N) is 2. The number of amides is 2. The molecular formula is C16H33N3O2. The second kappa shape index (κ2) is 8.59. The quantitative estimate of drug-likeness (QED) is 0.673. The van der Waals surface area contributed by atoms with Crippen LogP contribution in [0.15, 0.2) is 0 Å². The number of carbonyl (C=O) groups is 1. The normalized spacial score (nSPS) is 20.3. The molecule has 1 unspecified atom stereocenters. The molecule has 0 radical (unpaired) electrons. The lowest BCUT2D eigenvalue weighted by molar-refractivity contribution is 0.0164. The first-order valence-corrected chi connectivity index (χ1v) is 8.34. The number of hydrogen-bond acceptors (Lipinski definition) is 3. The van der Waals surface area contributed by atoms with E-state index in [2.05, 4.69) is 22.5 Å². The molecule has 21 heavy (non-hydrogen) atoms. The first kappa shape index (κ1) is 18.2. The van der Waals surface area contributed by atoms with Gasteiger partial charge in [0, 0.05) is 25.7 Å². The summed E-state index contributed by atoms with van der Waals surface area (Å²) in [6, 6.07) is 0.0924. The van der Waals surface area contributed by atoms with Gasteiger partial charge in [-0.3, -0.25) is 0 Å².